The molecule has 1 aromatic heterocycles. The molecule has 0 spiro atoms. The van der Waals surface area contributed by atoms with Crippen LogP contribution in [0, 0.1) is 0 Å². The van der Waals surface area contributed by atoms with Crippen molar-refractivity contribution in [2.75, 3.05) is 32.1 Å². The maximum absolute atomic E-state index is 13.0. The van der Waals surface area contributed by atoms with Crippen molar-refractivity contribution in [2.24, 2.45) is 0 Å². The number of hydrogen-bond acceptors (Lipinski definition) is 7. The third kappa shape index (κ3) is 5.14. The zero-order valence-corrected chi connectivity index (χ0v) is 18.2. The van der Waals surface area contributed by atoms with Crippen LogP contribution < -0.4 is 10.1 Å². The molecular formula is C20H25N3O6S. The normalized spacial score (nSPS) is 11.2. The third-order valence-corrected chi connectivity index (χ3v) is 6.27. The Hall–Kier alpha value is -2.98. The molecule has 0 bridgehead atoms. The highest BCUT2D eigenvalue weighted by Gasteiger charge is 2.26. The van der Waals surface area contributed by atoms with Gasteiger partial charge in [-0.1, -0.05) is 19.9 Å². The lowest BCUT2D eigenvalue weighted by molar-refractivity contribution is 0.0594. The van der Waals surface area contributed by atoms with Gasteiger partial charge in [-0.3, -0.25) is 4.79 Å². The van der Waals surface area contributed by atoms with Crippen molar-refractivity contribution >= 4 is 27.6 Å². The number of carbonyl (C=O) groups excluding carboxylic acids is 2. The first-order valence-corrected chi connectivity index (χ1v) is 10.9. The number of rotatable bonds is 9. The average molecular weight is 436 g/mol. The quantitative estimate of drug-likeness (QED) is 0.602. The van der Waals surface area contributed by atoms with Crippen LogP contribution in [0.15, 0.2) is 41.3 Å². The Kier molecular flexibility index (Phi) is 7.90. The first-order valence-electron chi connectivity index (χ1n) is 9.42. The molecule has 10 heteroatoms. The lowest BCUT2D eigenvalue weighted by Crippen LogP contribution is -2.31. The molecule has 0 saturated carbocycles. The molecule has 2 rings (SSSR count). The van der Waals surface area contributed by atoms with Crippen LogP contribution in [-0.4, -0.2) is 56.4 Å². The van der Waals surface area contributed by atoms with Gasteiger partial charge in [-0.15, -0.1) is 0 Å². The summed E-state index contributed by atoms with van der Waals surface area (Å²) >= 11 is 0. The fourth-order valence-electron chi connectivity index (χ4n) is 2.74. The topological polar surface area (TPSA) is 115 Å². The van der Waals surface area contributed by atoms with Crippen molar-refractivity contribution in [3.63, 3.8) is 0 Å². The van der Waals surface area contributed by atoms with Crippen molar-refractivity contribution in [3.05, 3.63) is 47.8 Å². The molecule has 1 aromatic carbocycles. The Morgan fingerprint density at radius 1 is 1.07 bits per heavy atom. The van der Waals surface area contributed by atoms with Gasteiger partial charge in [-0.2, -0.15) is 4.31 Å². The number of amides is 1. The molecule has 9 nitrogen and oxygen atoms in total. The molecule has 30 heavy (non-hydrogen) atoms. The summed E-state index contributed by atoms with van der Waals surface area (Å²) in [5, 5.41) is 2.61. The number of nitrogens with one attached hydrogen (secondary N) is 1. The summed E-state index contributed by atoms with van der Waals surface area (Å²) < 4.78 is 37.4. The van der Waals surface area contributed by atoms with Gasteiger partial charge < -0.3 is 14.8 Å². The highest BCUT2D eigenvalue weighted by molar-refractivity contribution is 7.89. The van der Waals surface area contributed by atoms with Gasteiger partial charge in [-0.05, 0) is 37.3 Å². The minimum atomic E-state index is -3.82. The molecule has 0 aliphatic carbocycles. The maximum Gasteiger partial charge on any atom is 0.356 e. The average Bonchev–Trinajstić information content (AvgIpc) is 2.75. The summed E-state index contributed by atoms with van der Waals surface area (Å²) in [4.78, 5) is 28.1. The van der Waals surface area contributed by atoms with Crippen molar-refractivity contribution in [1.29, 1.82) is 0 Å². The lowest BCUT2D eigenvalue weighted by Gasteiger charge is -2.21. The minimum absolute atomic E-state index is 0.0124. The Balaban J connectivity index is 2.39. The molecule has 0 atom stereocenters. The number of sulfonamides is 1. The summed E-state index contributed by atoms with van der Waals surface area (Å²) in [6.45, 7) is 6.12. The van der Waals surface area contributed by atoms with Crippen LogP contribution in [0.1, 0.15) is 41.7 Å². The Morgan fingerprint density at radius 2 is 1.73 bits per heavy atom. The smallest absolute Gasteiger partial charge is 0.356 e. The number of hydrogen-bond donors (Lipinski definition) is 1. The SMILES string of the molecule is CCOc1ccc(NC(=O)c2cccc(C(=O)OC)n2)cc1S(=O)(=O)N(CC)CC. The molecule has 0 saturated heterocycles. The van der Waals surface area contributed by atoms with E-state index in [-0.39, 0.29) is 34.3 Å². The van der Waals surface area contributed by atoms with Gasteiger partial charge in [-0.25, -0.2) is 18.2 Å². The van der Waals surface area contributed by atoms with E-state index in [1.807, 2.05) is 0 Å². The molecule has 0 unspecified atom stereocenters. The largest absolute Gasteiger partial charge is 0.492 e. The Bertz CT molecular complexity index is 1020. The van der Waals surface area contributed by atoms with Crippen LogP contribution in [-0.2, 0) is 14.8 Å². The minimum Gasteiger partial charge on any atom is -0.492 e. The van der Waals surface area contributed by atoms with Gasteiger partial charge in [0.25, 0.3) is 5.91 Å². The summed E-state index contributed by atoms with van der Waals surface area (Å²) in [6.07, 6.45) is 0. The number of esters is 1. The first-order chi connectivity index (χ1) is 14.3. The van der Waals surface area contributed by atoms with Crippen LogP contribution in [0.2, 0.25) is 0 Å². The molecule has 0 aliphatic heterocycles. The zero-order chi connectivity index (χ0) is 22.3. The Morgan fingerprint density at radius 3 is 2.33 bits per heavy atom. The Labute approximate surface area is 176 Å². The number of nitrogens with zero attached hydrogens (tertiary/aromatic N) is 2. The van der Waals surface area contributed by atoms with Crippen LogP contribution >= 0.6 is 0 Å². The van der Waals surface area contributed by atoms with Gasteiger partial charge >= 0.3 is 5.97 Å². The highest BCUT2D eigenvalue weighted by atomic mass is 32.2. The van der Waals surface area contributed by atoms with Crippen LogP contribution in [0.3, 0.4) is 0 Å². The molecule has 0 aliphatic rings. The van der Waals surface area contributed by atoms with E-state index in [0.29, 0.717) is 13.1 Å². The van der Waals surface area contributed by atoms with Gasteiger partial charge in [0.05, 0.1) is 13.7 Å². The van der Waals surface area contributed by atoms with Crippen molar-refractivity contribution < 1.29 is 27.5 Å². The molecule has 2 aromatic rings. The van der Waals surface area contributed by atoms with Gasteiger partial charge in [0.2, 0.25) is 10.0 Å². The molecule has 1 heterocycles. The van der Waals surface area contributed by atoms with Crippen LogP contribution in [0.4, 0.5) is 5.69 Å². The monoisotopic (exact) mass is 435 g/mol. The number of carbonyl (C=O) groups is 2. The van der Waals surface area contributed by atoms with E-state index in [1.165, 1.54) is 47.8 Å². The second-order valence-corrected chi connectivity index (χ2v) is 7.94. The number of anilines is 1. The number of benzene rings is 1. The lowest BCUT2D eigenvalue weighted by atomic mass is 10.2. The van der Waals surface area contributed by atoms with E-state index in [2.05, 4.69) is 15.0 Å². The summed E-state index contributed by atoms with van der Waals surface area (Å²) in [5.41, 5.74) is 0.223. The maximum atomic E-state index is 13.0. The zero-order valence-electron chi connectivity index (χ0n) is 17.3. The molecule has 0 fully saturated rings. The highest BCUT2D eigenvalue weighted by Crippen LogP contribution is 2.30. The number of pyridine rings is 1. The second-order valence-electron chi connectivity index (χ2n) is 6.04. The van der Waals surface area contributed by atoms with E-state index in [0.717, 1.165) is 0 Å². The first kappa shape index (κ1) is 23.3. The predicted molar refractivity (Wildman–Crippen MR) is 111 cm³/mol. The molecule has 1 N–H and O–H groups in total. The number of methoxy groups -OCH3 is 1. The molecule has 1 amide bonds. The van der Waals surface area contributed by atoms with E-state index >= 15 is 0 Å². The van der Waals surface area contributed by atoms with Gasteiger partial charge in [0.1, 0.15) is 22.0 Å². The van der Waals surface area contributed by atoms with E-state index in [4.69, 9.17) is 4.74 Å². The third-order valence-electron chi connectivity index (χ3n) is 4.20. The second kappa shape index (κ2) is 10.2. The predicted octanol–water partition coefficient (Wildman–Crippen LogP) is 2.55. The van der Waals surface area contributed by atoms with Crippen LogP contribution in [0.25, 0.3) is 0 Å². The van der Waals surface area contributed by atoms with E-state index < -0.39 is 21.9 Å². The molecule has 0 radical (unpaired) electrons. The van der Waals surface area contributed by atoms with E-state index in [9.17, 15) is 18.0 Å². The van der Waals surface area contributed by atoms with Crippen LogP contribution in [0.5, 0.6) is 5.75 Å². The van der Waals surface area contributed by atoms with Gasteiger partial charge in [0.15, 0.2) is 0 Å². The summed E-state index contributed by atoms with van der Waals surface area (Å²) in [5.74, 6) is -1.07. The summed E-state index contributed by atoms with van der Waals surface area (Å²) in [7, 11) is -2.60. The van der Waals surface area contributed by atoms with E-state index in [1.54, 1.807) is 20.8 Å². The van der Waals surface area contributed by atoms with Gasteiger partial charge in [0, 0.05) is 18.8 Å². The fourth-order valence-corrected chi connectivity index (χ4v) is 4.35. The summed E-state index contributed by atoms with van der Waals surface area (Å²) in [6, 6.07) is 8.74. The number of aromatic nitrogens is 1. The molecular weight excluding hydrogens is 410 g/mol. The fraction of sp³-hybridized carbons (Fsp3) is 0.350. The standard InChI is InChI=1S/C20H25N3O6S/c1-5-23(6-2)30(26,27)18-13-14(11-12-17(18)29-7-3)21-19(24)15-9-8-10-16(22-15)20(25)28-4/h8-13H,5-7H2,1-4H3,(H,21,24). The number of ether oxygens (including phenoxy) is 2. The van der Waals surface area contributed by atoms with Crippen molar-refractivity contribution in [1.82, 2.24) is 9.29 Å². The molecule has 162 valence electrons. The van der Waals surface area contributed by atoms with Crippen molar-refractivity contribution in [3.8, 4) is 5.75 Å². The van der Waals surface area contributed by atoms with Crippen molar-refractivity contribution in [2.45, 2.75) is 25.7 Å².